The zero-order valence-electron chi connectivity index (χ0n) is 13.8. The van der Waals surface area contributed by atoms with Gasteiger partial charge < -0.3 is 19.9 Å². The van der Waals surface area contributed by atoms with Crippen molar-refractivity contribution in [3.8, 4) is 0 Å². The molecule has 3 aliphatic rings. The highest BCUT2D eigenvalue weighted by Gasteiger charge is 2.43. The first kappa shape index (κ1) is 15.4. The average Bonchev–Trinajstić information content (AvgIpc) is 3.22. The second kappa shape index (κ2) is 6.08. The number of nitrogens with zero attached hydrogens (tertiary/aromatic N) is 3. The second-order valence-electron chi connectivity index (χ2n) is 6.82. The fourth-order valence-corrected chi connectivity index (χ4v) is 3.81. The average molecular weight is 333 g/mol. The molecule has 8 heteroatoms. The van der Waals surface area contributed by atoms with Gasteiger partial charge >= 0.3 is 6.03 Å². The zero-order chi connectivity index (χ0) is 16.7. The maximum absolute atomic E-state index is 12.9. The summed E-state index contributed by atoms with van der Waals surface area (Å²) in [5.74, 6) is 0.480. The Morgan fingerprint density at radius 3 is 3.00 bits per heavy atom. The first-order valence-electron chi connectivity index (χ1n) is 8.57. The molecule has 2 N–H and O–H groups in total. The van der Waals surface area contributed by atoms with Gasteiger partial charge in [-0.25, -0.2) is 4.79 Å². The first-order valence-corrected chi connectivity index (χ1v) is 8.57. The Kier molecular flexibility index (Phi) is 3.91. The van der Waals surface area contributed by atoms with Gasteiger partial charge in [0.05, 0.1) is 36.1 Å². The van der Waals surface area contributed by atoms with E-state index in [4.69, 9.17) is 4.74 Å². The molecule has 2 atom stereocenters. The van der Waals surface area contributed by atoms with E-state index in [2.05, 4.69) is 15.5 Å². The molecule has 0 bridgehead atoms. The normalized spacial score (nSPS) is 26.5. The van der Waals surface area contributed by atoms with Crippen LogP contribution in [0, 0.1) is 0 Å². The lowest BCUT2D eigenvalue weighted by Crippen LogP contribution is -2.53. The first-order chi connectivity index (χ1) is 11.7. The molecule has 1 aliphatic carbocycles. The fraction of sp³-hybridized carbons (Fsp3) is 0.688. The van der Waals surface area contributed by atoms with Crippen LogP contribution in [0.3, 0.4) is 0 Å². The van der Waals surface area contributed by atoms with Gasteiger partial charge in [0.1, 0.15) is 0 Å². The molecule has 0 radical (unpaired) electrons. The number of nitrogens with one attached hydrogen (secondary N) is 2. The Balaban J connectivity index is 1.44. The second-order valence-corrected chi connectivity index (χ2v) is 6.82. The van der Waals surface area contributed by atoms with E-state index in [9.17, 15) is 9.59 Å². The Bertz CT molecular complexity index is 641. The predicted molar refractivity (Wildman–Crippen MR) is 85.8 cm³/mol. The highest BCUT2D eigenvalue weighted by atomic mass is 16.5. The number of urea groups is 1. The number of carbonyl (C=O) groups is 2. The van der Waals surface area contributed by atoms with E-state index in [1.54, 1.807) is 13.3 Å². The van der Waals surface area contributed by atoms with Crippen LogP contribution in [0.5, 0.6) is 0 Å². The van der Waals surface area contributed by atoms with E-state index in [0.29, 0.717) is 37.7 Å². The molecule has 0 aromatic carbocycles. The summed E-state index contributed by atoms with van der Waals surface area (Å²) in [6.45, 7) is 2.33. The van der Waals surface area contributed by atoms with Crippen LogP contribution in [0.1, 0.15) is 41.2 Å². The molecular weight excluding hydrogens is 310 g/mol. The molecule has 2 aliphatic heterocycles. The summed E-state index contributed by atoms with van der Waals surface area (Å²) in [6, 6.07) is 0.0746. The fourth-order valence-electron chi connectivity index (χ4n) is 3.81. The number of carbonyl (C=O) groups excluding carboxylic acids is 2. The summed E-state index contributed by atoms with van der Waals surface area (Å²) in [7, 11) is 1.63. The summed E-state index contributed by atoms with van der Waals surface area (Å²) in [5.41, 5.74) is 1.66. The largest absolute Gasteiger partial charge is 0.383 e. The maximum Gasteiger partial charge on any atom is 0.318 e. The van der Waals surface area contributed by atoms with Crippen LogP contribution in [0.2, 0.25) is 0 Å². The summed E-state index contributed by atoms with van der Waals surface area (Å²) in [6.07, 6.45) is 4.67. The third kappa shape index (κ3) is 2.64. The van der Waals surface area contributed by atoms with Gasteiger partial charge in [0.25, 0.3) is 5.91 Å². The summed E-state index contributed by atoms with van der Waals surface area (Å²) >= 11 is 0. The van der Waals surface area contributed by atoms with E-state index in [1.807, 2.05) is 9.80 Å². The van der Waals surface area contributed by atoms with Crippen molar-refractivity contribution in [1.29, 1.82) is 0 Å². The van der Waals surface area contributed by atoms with Gasteiger partial charge in [-0.2, -0.15) is 5.10 Å². The lowest BCUT2D eigenvalue weighted by Gasteiger charge is -2.36. The number of amides is 3. The molecule has 1 aromatic heterocycles. The lowest BCUT2D eigenvalue weighted by atomic mass is 9.99. The molecule has 0 spiro atoms. The van der Waals surface area contributed by atoms with Crippen LogP contribution >= 0.6 is 0 Å². The standard InChI is InChI=1S/C16H23N5O3/c1-24-7-6-21-13-4-5-20(9-12(13)18-16(21)23)15(22)11-8-17-19-14(11)10-2-3-10/h8,10,12-13H,2-7,9H2,1H3,(H,17,19)(H,18,23)/t12-,13+/m1/s1. The molecule has 130 valence electrons. The Hall–Kier alpha value is -2.09. The van der Waals surface area contributed by atoms with Gasteiger partial charge in [-0.3, -0.25) is 9.89 Å². The number of hydrogen-bond acceptors (Lipinski definition) is 4. The molecule has 1 saturated carbocycles. The van der Waals surface area contributed by atoms with Crippen molar-refractivity contribution in [3.63, 3.8) is 0 Å². The van der Waals surface area contributed by atoms with Crippen molar-refractivity contribution < 1.29 is 14.3 Å². The van der Waals surface area contributed by atoms with Crippen molar-refractivity contribution >= 4 is 11.9 Å². The van der Waals surface area contributed by atoms with Crippen molar-refractivity contribution in [3.05, 3.63) is 17.5 Å². The molecule has 2 saturated heterocycles. The Morgan fingerprint density at radius 2 is 2.25 bits per heavy atom. The minimum atomic E-state index is -0.0571. The Labute approximate surface area is 140 Å². The molecule has 0 unspecified atom stereocenters. The van der Waals surface area contributed by atoms with Crippen LogP contribution < -0.4 is 5.32 Å². The number of aromatic nitrogens is 2. The van der Waals surface area contributed by atoms with Crippen molar-refractivity contribution in [1.82, 2.24) is 25.3 Å². The van der Waals surface area contributed by atoms with Gasteiger partial charge in [0, 0.05) is 32.7 Å². The quantitative estimate of drug-likeness (QED) is 0.823. The Morgan fingerprint density at radius 1 is 1.42 bits per heavy atom. The topological polar surface area (TPSA) is 90.6 Å². The molecule has 3 fully saturated rings. The van der Waals surface area contributed by atoms with Crippen LogP contribution in [0.4, 0.5) is 4.79 Å². The maximum atomic E-state index is 12.9. The summed E-state index contributed by atoms with van der Waals surface area (Å²) in [4.78, 5) is 28.7. The minimum absolute atomic E-state index is 0.0108. The van der Waals surface area contributed by atoms with Crippen LogP contribution in [0.15, 0.2) is 6.20 Å². The van der Waals surface area contributed by atoms with E-state index in [-0.39, 0.29) is 24.0 Å². The number of aromatic amines is 1. The number of piperidine rings is 1. The number of rotatable bonds is 5. The van der Waals surface area contributed by atoms with E-state index < -0.39 is 0 Å². The van der Waals surface area contributed by atoms with Crippen molar-refractivity contribution in [2.45, 2.75) is 37.3 Å². The highest BCUT2D eigenvalue weighted by Crippen LogP contribution is 2.40. The lowest BCUT2D eigenvalue weighted by molar-refractivity contribution is 0.0641. The van der Waals surface area contributed by atoms with Crippen LogP contribution in [0.25, 0.3) is 0 Å². The molecule has 3 amide bonds. The number of methoxy groups -OCH3 is 1. The third-order valence-corrected chi connectivity index (χ3v) is 5.25. The van der Waals surface area contributed by atoms with Gasteiger partial charge in [0.2, 0.25) is 0 Å². The van der Waals surface area contributed by atoms with Crippen LogP contribution in [-0.4, -0.2) is 77.4 Å². The van der Waals surface area contributed by atoms with Gasteiger partial charge in [-0.15, -0.1) is 0 Å². The van der Waals surface area contributed by atoms with Gasteiger partial charge in [-0.1, -0.05) is 0 Å². The van der Waals surface area contributed by atoms with Gasteiger partial charge in [0.15, 0.2) is 0 Å². The number of hydrogen-bond donors (Lipinski definition) is 2. The van der Waals surface area contributed by atoms with E-state index in [1.165, 1.54) is 0 Å². The molecule has 24 heavy (non-hydrogen) atoms. The highest BCUT2D eigenvalue weighted by molar-refractivity contribution is 5.95. The molecular formula is C16H23N5O3. The van der Waals surface area contributed by atoms with Gasteiger partial charge in [-0.05, 0) is 19.3 Å². The molecule has 4 rings (SSSR count). The SMILES string of the molecule is COCCN1C(=O)N[C@@H]2CN(C(=O)c3cn[nH]c3C3CC3)CC[C@@H]21. The zero-order valence-corrected chi connectivity index (χ0v) is 13.8. The number of H-pyrrole nitrogens is 1. The van der Waals surface area contributed by atoms with Crippen LogP contribution in [-0.2, 0) is 4.74 Å². The summed E-state index contributed by atoms with van der Waals surface area (Å²) in [5, 5.41) is 10.0. The van der Waals surface area contributed by atoms with Crippen molar-refractivity contribution in [2.24, 2.45) is 0 Å². The third-order valence-electron chi connectivity index (χ3n) is 5.25. The van der Waals surface area contributed by atoms with E-state index in [0.717, 1.165) is 25.0 Å². The minimum Gasteiger partial charge on any atom is -0.383 e. The summed E-state index contributed by atoms with van der Waals surface area (Å²) < 4.78 is 5.08. The van der Waals surface area contributed by atoms with Crippen molar-refractivity contribution in [2.75, 3.05) is 33.4 Å². The monoisotopic (exact) mass is 333 g/mol. The number of likely N-dealkylation sites (tertiary alicyclic amines) is 1. The van der Waals surface area contributed by atoms with E-state index >= 15 is 0 Å². The number of ether oxygens (including phenoxy) is 1. The molecule has 3 heterocycles. The molecule has 8 nitrogen and oxygen atoms in total. The predicted octanol–water partition coefficient (Wildman–Crippen LogP) is 0.542. The number of fused-ring (bicyclic) bond motifs is 1. The smallest absolute Gasteiger partial charge is 0.318 e. The molecule has 1 aromatic rings.